The Balaban J connectivity index is 2.20. The maximum absolute atomic E-state index is 12.9. The standard InChI is InChI=1S/C13H11F3N2O3/c1-2-12-17-11(18-21-12)7-20-10-4-3-8(6-19)5-9(10)13(14,15)16/h3-6H,2,7H2,1H3. The van der Waals surface area contributed by atoms with Crippen LogP contribution in [0.25, 0.3) is 0 Å². The molecule has 21 heavy (non-hydrogen) atoms. The van der Waals surface area contributed by atoms with Crippen LogP contribution < -0.4 is 4.74 Å². The summed E-state index contributed by atoms with van der Waals surface area (Å²) in [7, 11) is 0. The average Bonchev–Trinajstić information content (AvgIpc) is 2.92. The van der Waals surface area contributed by atoms with Gasteiger partial charge in [-0.2, -0.15) is 18.2 Å². The van der Waals surface area contributed by atoms with Crippen molar-refractivity contribution in [3.05, 3.63) is 41.0 Å². The van der Waals surface area contributed by atoms with Gasteiger partial charge in [-0.05, 0) is 18.2 Å². The first kappa shape index (κ1) is 15.0. The normalized spacial score (nSPS) is 11.4. The fourth-order valence-corrected chi connectivity index (χ4v) is 1.60. The molecule has 0 fully saturated rings. The van der Waals surface area contributed by atoms with E-state index in [-0.39, 0.29) is 18.0 Å². The lowest BCUT2D eigenvalue weighted by Gasteiger charge is -2.13. The number of hydrogen-bond donors (Lipinski definition) is 0. The second-order valence-corrected chi connectivity index (χ2v) is 4.12. The number of aromatic nitrogens is 2. The van der Waals surface area contributed by atoms with Crippen molar-refractivity contribution in [2.45, 2.75) is 26.1 Å². The molecule has 1 heterocycles. The lowest BCUT2D eigenvalue weighted by Crippen LogP contribution is -2.10. The highest BCUT2D eigenvalue weighted by Gasteiger charge is 2.34. The minimum absolute atomic E-state index is 0.0810. The molecule has 1 aromatic heterocycles. The highest BCUT2D eigenvalue weighted by molar-refractivity contribution is 5.75. The van der Waals surface area contributed by atoms with Crippen molar-refractivity contribution in [1.82, 2.24) is 10.1 Å². The van der Waals surface area contributed by atoms with Gasteiger partial charge in [-0.1, -0.05) is 12.1 Å². The largest absolute Gasteiger partial charge is 0.485 e. The monoisotopic (exact) mass is 300 g/mol. The number of carbonyl (C=O) groups excluding carboxylic acids is 1. The van der Waals surface area contributed by atoms with Gasteiger partial charge < -0.3 is 9.26 Å². The number of ether oxygens (including phenoxy) is 1. The number of halogens is 3. The Morgan fingerprint density at radius 1 is 1.38 bits per heavy atom. The summed E-state index contributed by atoms with van der Waals surface area (Å²) in [5.41, 5.74) is -1.10. The molecule has 0 saturated heterocycles. The fraction of sp³-hybridized carbons (Fsp3) is 0.308. The summed E-state index contributed by atoms with van der Waals surface area (Å²) in [5, 5.41) is 3.58. The third kappa shape index (κ3) is 3.59. The molecule has 5 nitrogen and oxygen atoms in total. The summed E-state index contributed by atoms with van der Waals surface area (Å²) >= 11 is 0. The van der Waals surface area contributed by atoms with Gasteiger partial charge in [0, 0.05) is 12.0 Å². The lowest BCUT2D eigenvalue weighted by molar-refractivity contribution is -0.139. The van der Waals surface area contributed by atoms with Crippen LogP contribution in [0, 0.1) is 0 Å². The number of nitrogens with zero attached hydrogens (tertiary/aromatic N) is 2. The zero-order valence-electron chi connectivity index (χ0n) is 11.0. The van der Waals surface area contributed by atoms with E-state index >= 15 is 0 Å². The van der Waals surface area contributed by atoms with Crippen molar-refractivity contribution in [2.24, 2.45) is 0 Å². The molecular weight excluding hydrogens is 289 g/mol. The van der Waals surface area contributed by atoms with E-state index < -0.39 is 17.5 Å². The molecule has 0 unspecified atom stereocenters. The smallest absolute Gasteiger partial charge is 0.419 e. The average molecular weight is 300 g/mol. The summed E-state index contributed by atoms with van der Waals surface area (Å²) < 4.78 is 48.6. The first-order chi connectivity index (χ1) is 9.94. The Morgan fingerprint density at radius 3 is 2.71 bits per heavy atom. The van der Waals surface area contributed by atoms with Crippen LogP contribution in [0.1, 0.15) is 34.6 Å². The summed E-state index contributed by atoms with van der Waals surface area (Å²) in [5.74, 6) is 0.135. The molecule has 0 amide bonds. The third-order valence-corrected chi connectivity index (χ3v) is 2.61. The molecule has 0 atom stereocenters. The Hall–Kier alpha value is -2.38. The molecule has 0 spiro atoms. The van der Waals surface area contributed by atoms with E-state index in [1.165, 1.54) is 6.07 Å². The highest BCUT2D eigenvalue weighted by Crippen LogP contribution is 2.36. The Bertz CT molecular complexity index is 638. The van der Waals surface area contributed by atoms with E-state index in [4.69, 9.17) is 9.26 Å². The van der Waals surface area contributed by atoms with E-state index in [1.54, 1.807) is 6.92 Å². The van der Waals surface area contributed by atoms with Crippen LogP contribution in [0.15, 0.2) is 22.7 Å². The predicted molar refractivity (Wildman–Crippen MR) is 64.8 cm³/mol. The molecule has 0 aliphatic rings. The van der Waals surface area contributed by atoms with Gasteiger partial charge in [0.1, 0.15) is 12.0 Å². The number of aryl methyl sites for hydroxylation is 1. The molecule has 0 bridgehead atoms. The quantitative estimate of drug-likeness (QED) is 0.794. The molecule has 0 aliphatic carbocycles. The Kier molecular flexibility index (Phi) is 4.25. The summed E-state index contributed by atoms with van der Waals surface area (Å²) in [4.78, 5) is 14.5. The fourth-order valence-electron chi connectivity index (χ4n) is 1.60. The van der Waals surface area contributed by atoms with Crippen molar-refractivity contribution in [2.75, 3.05) is 0 Å². The topological polar surface area (TPSA) is 65.2 Å². The van der Waals surface area contributed by atoms with Gasteiger partial charge in [0.2, 0.25) is 11.7 Å². The molecule has 2 aromatic rings. The second-order valence-electron chi connectivity index (χ2n) is 4.12. The van der Waals surface area contributed by atoms with E-state index in [1.807, 2.05) is 0 Å². The zero-order chi connectivity index (χ0) is 15.5. The lowest BCUT2D eigenvalue weighted by atomic mass is 10.1. The van der Waals surface area contributed by atoms with Gasteiger partial charge in [0.05, 0.1) is 5.56 Å². The molecule has 0 N–H and O–H groups in total. The van der Waals surface area contributed by atoms with E-state index in [0.29, 0.717) is 18.6 Å². The molecule has 112 valence electrons. The SMILES string of the molecule is CCc1nc(COc2ccc(C=O)cc2C(F)(F)F)no1. The van der Waals surface area contributed by atoms with Crippen molar-refractivity contribution in [3.63, 3.8) is 0 Å². The number of aldehydes is 1. The molecule has 2 rings (SSSR count). The number of benzene rings is 1. The molecular formula is C13H11F3N2O3. The first-order valence-electron chi connectivity index (χ1n) is 6.04. The van der Waals surface area contributed by atoms with Crippen molar-refractivity contribution >= 4 is 6.29 Å². The van der Waals surface area contributed by atoms with Crippen LogP contribution in [-0.4, -0.2) is 16.4 Å². The highest BCUT2D eigenvalue weighted by atomic mass is 19.4. The maximum atomic E-state index is 12.9. The van der Waals surface area contributed by atoms with Gasteiger partial charge in [-0.3, -0.25) is 4.79 Å². The minimum Gasteiger partial charge on any atom is -0.485 e. The zero-order valence-corrected chi connectivity index (χ0v) is 11.0. The first-order valence-corrected chi connectivity index (χ1v) is 6.04. The van der Waals surface area contributed by atoms with Gasteiger partial charge in [0.25, 0.3) is 0 Å². The summed E-state index contributed by atoms with van der Waals surface area (Å²) in [6.45, 7) is 1.55. The predicted octanol–water partition coefficient (Wildman–Crippen LogP) is 3.04. The summed E-state index contributed by atoms with van der Waals surface area (Å²) in [6, 6.07) is 3.06. The Labute approximate surface area is 117 Å². The van der Waals surface area contributed by atoms with Gasteiger partial charge in [0.15, 0.2) is 6.61 Å². The van der Waals surface area contributed by atoms with Crippen LogP contribution in [0.2, 0.25) is 0 Å². The van der Waals surface area contributed by atoms with Crippen LogP contribution in [-0.2, 0) is 19.2 Å². The van der Waals surface area contributed by atoms with Crippen LogP contribution >= 0.6 is 0 Å². The van der Waals surface area contributed by atoms with Crippen molar-refractivity contribution in [3.8, 4) is 5.75 Å². The molecule has 0 aliphatic heterocycles. The van der Waals surface area contributed by atoms with E-state index in [0.717, 1.165) is 12.1 Å². The van der Waals surface area contributed by atoms with Crippen LogP contribution in [0.5, 0.6) is 5.75 Å². The molecule has 0 saturated carbocycles. The molecule has 0 radical (unpaired) electrons. The molecule has 8 heteroatoms. The Morgan fingerprint density at radius 2 is 2.14 bits per heavy atom. The van der Waals surface area contributed by atoms with Gasteiger partial charge >= 0.3 is 6.18 Å². The minimum atomic E-state index is -4.62. The number of carbonyl (C=O) groups is 1. The van der Waals surface area contributed by atoms with Gasteiger partial charge in [-0.15, -0.1) is 0 Å². The number of hydrogen-bond acceptors (Lipinski definition) is 5. The van der Waals surface area contributed by atoms with Crippen LogP contribution in [0.4, 0.5) is 13.2 Å². The van der Waals surface area contributed by atoms with Crippen molar-refractivity contribution in [1.29, 1.82) is 0 Å². The molecule has 1 aromatic carbocycles. The van der Waals surface area contributed by atoms with Crippen LogP contribution in [0.3, 0.4) is 0 Å². The second kappa shape index (κ2) is 5.94. The third-order valence-electron chi connectivity index (χ3n) is 2.61. The number of rotatable bonds is 5. The summed E-state index contributed by atoms with van der Waals surface area (Å²) in [6.07, 6.45) is -3.76. The van der Waals surface area contributed by atoms with Crippen molar-refractivity contribution < 1.29 is 27.2 Å². The van der Waals surface area contributed by atoms with Gasteiger partial charge in [-0.25, -0.2) is 0 Å². The van der Waals surface area contributed by atoms with E-state index in [9.17, 15) is 18.0 Å². The maximum Gasteiger partial charge on any atom is 0.419 e. The number of alkyl halides is 3. The van der Waals surface area contributed by atoms with E-state index in [2.05, 4.69) is 10.1 Å².